The fraction of sp³-hybridized carbons (Fsp3) is 0.455. The van der Waals surface area contributed by atoms with Gasteiger partial charge >= 0.3 is 0 Å². The van der Waals surface area contributed by atoms with Crippen LogP contribution in [-0.4, -0.2) is 16.6 Å². The van der Waals surface area contributed by atoms with Crippen molar-refractivity contribution in [2.45, 2.75) is 24.7 Å². The van der Waals surface area contributed by atoms with Gasteiger partial charge in [0.15, 0.2) is 0 Å². The van der Waals surface area contributed by atoms with E-state index in [-0.39, 0.29) is 12.3 Å². The van der Waals surface area contributed by atoms with Crippen LogP contribution in [0, 0.1) is 15.9 Å². The van der Waals surface area contributed by atoms with Crippen LogP contribution in [0.3, 0.4) is 0 Å². The molecule has 1 saturated carbocycles. The maximum Gasteiger partial charge on any atom is 0.273 e. The molecule has 1 fully saturated rings. The fourth-order valence-electron chi connectivity index (χ4n) is 2.21. The van der Waals surface area contributed by atoms with Crippen molar-refractivity contribution in [2.24, 2.45) is 0 Å². The molecule has 86 valence electrons. The number of nitro benzene ring substituents is 1. The van der Waals surface area contributed by atoms with E-state index in [9.17, 15) is 19.6 Å². The van der Waals surface area contributed by atoms with Crippen LogP contribution in [0.25, 0.3) is 0 Å². The summed E-state index contributed by atoms with van der Waals surface area (Å²) in [7, 11) is 0. The minimum absolute atomic E-state index is 0.102. The van der Waals surface area contributed by atoms with Crippen molar-refractivity contribution >= 4 is 5.69 Å². The van der Waals surface area contributed by atoms with Gasteiger partial charge in [-0.3, -0.25) is 10.1 Å². The predicted molar refractivity (Wildman–Crippen MR) is 55.7 cm³/mol. The number of hydrogen-bond acceptors (Lipinski definition) is 3. The van der Waals surface area contributed by atoms with Crippen LogP contribution in [-0.2, 0) is 5.41 Å². The molecule has 0 bridgehead atoms. The maximum absolute atomic E-state index is 13.1. The van der Waals surface area contributed by atoms with Gasteiger partial charge in [0.25, 0.3) is 5.69 Å². The number of rotatable bonds is 3. The van der Waals surface area contributed by atoms with Crippen LogP contribution in [0.2, 0.25) is 0 Å². The first-order valence-electron chi connectivity index (χ1n) is 5.14. The van der Waals surface area contributed by atoms with Crippen molar-refractivity contribution in [3.05, 3.63) is 39.7 Å². The normalized spacial score (nSPS) is 17.9. The molecule has 4 nitrogen and oxygen atoms in total. The summed E-state index contributed by atoms with van der Waals surface area (Å²) in [6.45, 7) is -0.169. The summed E-state index contributed by atoms with van der Waals surface area (Å²) in [5.74, 6) is -0.500. The average Bonchev–Trinajstić information content (AvgIpc) is 2.16. The van der Waals surface area contributed by atoms with E-state index < -0.39 is 16.2 Å². The Morgan fingerprint density at radius 2 is 2.19 bits per heavy atom. The lowest BCUT2D eigenvalue weighted by atomic mass is 9.64. The Morgan fingerprint density at radius 1 is 1.50 bits per heavy atom. The predicted octanol–water partition coefficient (Wildman–Crippen LogP) is 2.15. The Labute approximate surface area is 91.9 Å². The number of nitrogens with zero attached hydrogens (tertiary/aromatic N) is 1. The van der Waals surface area contributed by atoms with Crippen LogP contribution in [0.4, 0.5) is 10.1 Å². The molecule has 5 heteroatoms. The van der Waals surface area contributed by atoms with Crippen LogP contribution in [0.5, 0.6) is 0 Å². The Kier molecular flexibility index (Phi) is 2.63. The van der Waals surface area contributed by atoms with Gasteiger partial charge in [0.05, 0.1) is 11.5 Å². The van der Waals surface area contributed by atoms with E-state index >= 15 is 0 Å². The van der Waals surface area contributed by atoms with Gasteiger partial charge in [-0.1, -0.05) is 6.42 Å². The summed E-state index contributed by atoms with van der Waals surface area (Å²) in [4.78, 5) is 10.3. The Balaban J connectivity index is 2.53. The summed E-state index contributed by atoms with van der Waals surface area (Å²) in [6.07, 6.45) is 2.26. The molecule has 0 amide bonds. The van der Waals surface area contributed by atoms with Gasteiger partial charge in [-0.05, 0) is 25.0 Å². The fourth-order valence-corrected chi connectivity index (χ4v) is 2.21. The monoisotopic (exact) mass is 225 g/mol. The molecule has 0 aromatic heterocycles. The first kappa shape index (κ1) is 11.0. The third kappa shape index (κ3) is 1.57. The lowest BCUT2D eigenvalue weighted by Crippen LogP contribution is -2.38. The zero-order chi connectivity index (χ0) is 11.8. The van der Waals surface area contributed by atoms with Gasteiger partial charge in [0.1, 0.15) is 5.82 Å². The van der Waals surface area contributed by atoms with Gasteiger partial charge in [0, 0.05) is 17.0 Å². The van der Waals surface area contributed by atoms with E-state index in [1.807, 2.05) is 0 Å². The van der Waals surface area contributed by atoms with Crippen molar-refractivity contribution in [2.75, 3.05) is 6.61 Å². The van der Waals surface area contributed by atoms with Crippen molar-refractivity contribution in [1.82, 2.24) is 0 Å². The van der Waals surface area contributed by atoms with Gasteiger partial charge < -0.3 is 5.11 Å². The zero-order valence-corrected chi connectivity index (χ0v) is 8.65. The van der Waals surface area contributed by atoms with Crippen molar-refractivity contribution in [3.63, 3.8) is 0 Å². The van der Waals surface area contributed by atoms with E-state index in [0.29, 0.717) is 18.4 Å². The van der Waals surface area contributed by atoms with Gasteiger partial charge in [-0.25, -0.2) is 4.39 Å². The smallest absolute Gasteiger partial charge is 0.273 e. The molecule has 0 atom stereocenters. The molecule has 0 unspecified atom stereocenters. The average molecular weight is 225 g/mol. The lowest BCUT2D eigenvalue weighted by molar-refractivity contribution is -0.386. The van der Waals surface area contributed by atoms with Crippen molar-refractivity contribution in [1.29, 1.82) is 0 Å². The summed E-state index contributed by atoms with van der Waals surface area (Å²) in [6, 6.07) is 3.42. The van der Waals surface area contributed by atoms with Gasteiger partial charge in [-0.15, -0.1) is 0 Å². The molecule has 2 rings (SSSR count). The second-order valence-corrected chi connectivity index (χ2v) is 4.21. The molecule has 0 spiro atoms. The van der Waals surface area contributed by atoms with Crippen LogP contribution >= 0.6 is 0 Å². The highest BCUT2D eigenvalue weighted by molar-refractivity contribution is 5.46. The van der Waals surface area contributed by atoms with Gasteiger partial charge in [0.2, 0.25) is 0 Å². The third-order valence-electron chi connectivity index (χ3n) is 3.34. The highest BCUT2D eigenvalue weighted by atomic mass is 19.1. The molecule has 16 heavy (non-hydrogen) atoms. The number of hydrogen-bond donors (Lipinski definition) is 1. The molecule has 1 aliphatic rings. The quantitative estimate of drug-likeness (QED) is 0.633. The molecule has 1 aromatic carbocycles. The van der Waals surface area contributed by atoms with Crippen molar-refractivity contribution in [3.8, 4) is 0 Å². The largest absolute Gasteiger partial charge is 0.395 e. The number of benzene rings is 1. The maximum atomic E-state index is 13.1. The van der Waals surface area contributed by atoms with Crippen LogP contribution in [0.1, 0.15) is 24.8 Å². The minimum Gasteiger partial charge on any atom is -0.395 e. The highest BCUT2D eigenvalue weighted by Crippen LogP contribution is 2.46. The van der Waals surface area contributed by atoms with E-state index in [4.69, 9.17) is 0 Å². The number of aliphatic hydroxyl groups is 1. The second-order valence-electron chi connectivity index (χ2n) is 4.21. The summed E-state index contributed by atoms with van der Waals surface area (Å²) < 4.78 is 13.1. The Hall–Kier alpha value is -1.49. The Morgan fingerprint density at radius 3 is 2.62 bits per heavy atom. The summed E-state index contributed by atoms with van der Waals surface area (Å²) in [5, 5.41) is 20.2. The first-order valence-corrected chi connectivity index (χ1v) is 5.14. The minimum atomic E-state index is -0.607. The number of aliphatic hydroxyl groups excluding tert-OH is 1. The molecule has 1 N–H and O–H groups in total. The SMILES string of the molecule is O=[N+]([O-])c1ccc(F)cc1C1(CO)CCC1. The highest BCUT2D eigenvalue weighted by Gasteiger charge is 2.42. The topological polar surface area (TPSA) is 63.4 Å². The van der Waals surface area contributed by atoms with E-state index in [1.54, 1.807) is 0 Å². The standard InChI is InChI=1S/C11H12FNO3/c12-8-2-3-10(13(15)16)9(6-8)11(7-14)4-1-5-11/h2-3,6,14H,1,4-5,7H2. The molecule has 0 radical (unpaired) electrons. The molecule has 1 aliphatic carbocycles. The zero-order valence-electron chi connectivity index (χ0n) is 8.65. The molecule has 0 heterocycles. The second kappa shape index (κ2) is 3.83. The molecule has 0 saturated heterocycles. The molecular formula is C11H12FNO3. The van der Waals surface area contributed by atoms with Gasteiger partial charge in [-0.2, -0.15) is 0 Å². The number of nitro groups is 1. The third-order valence-corrected chi connectivity index (χ3v) is 3.34. The van der Waals surface area contributed by atoms with E-state index in [2.05, 4.69) is 0 Å². The molecule has 1 aromatic rings. The van der Waals surface area contributed by atoms with E-state index in [1.165, 1.54) is 12.1 Å². The summed E-state index contributed by atoms with van der Waals surface area (Å²) in [5.41, 5.74) is -0.383. The van der Waals surface area contributed by atoms with Crippen LogP contribution < -0.4 is 0 Å². The van der Waals surface area contributed by atoms with Crippen molar-refractivity contribution < 1.29 is 14.4 Å². The van der Waals surface area contributed by atoms with E-state index in [0.717, 1.165) is 12.5 Å². The Bertz CT molecular complexity index is 424. The molecular weight excluding hydrogens is 213 g/mol. The molecule has 0 aliphatic heterocycles. The number of halogens is 1. The lowest BCUT2D eigenvalue weighted by Gasteiger charge is -2.40. The van der Waals surface area contributed by atoms with Crippen LogP contribution in [0.15, 0.2) is 18.2 Å². The first-order chi connectivity index (χ1) is 7.59. The summed E-state index contributed by atoms with van der Waals surface area (Å²) >= 11 is 0.